The molecule has 0 aliphatic carbocycles. The molecule has 6 heteroatoms. The molecule has 0 saturated carbocycles. The van der Waals surface area contributed by atoms with Crippen LogP contribution in [0.5, 0.6) is 17.2 Å². The van der Waals surface area contributed by atoms with Gasteiger partial charge in [0.25, 0.3) is 5.91 Å². The van der Waals surface area contributed by atoms with Gasteiger partial charge in [-0.25, -0.2) is 0 Å². The summed E-state index contributed by atoms with van der Waals surface area (Å²) in [6.45, 7) is 1.68. The summed E-state index contributed by atoms with van der Waals surface area (Å²) in [7, 11) is 0. The number of hydrogen-bond acceptors (Lipinski definition) is 3. The van der Waals surface area contributed by atoms with E-state index in [-0.39, 0.29) is 5.91 Å². The average molecular weight is 447 g/mol. The Kier molecular flexibility index (Phi) is 6.37. The van der Waals surface area contributed by atoms with Crippen LogP contribution in [-0.4, -0.2) is 12.0 Å². The smallest absolute Gasteiger partial charge is 0.265 e. The lowest BCUT2D eigenvalue weighted by Gasteiger charge is -2.16. The Hall–Kier alpha value is -2.50. The van der Waals surface area contributed by atoms with Gasteiger partial charge in [0.05, 0.1) is 4.47 Å². The lowest BCUT2D eigenvalue weighted by atomic mass is 10.2. The molecule has 0 saturated heterocycles. The first kappa shape index (κ1) is 19.3. The van der Waals surface area contributed by atoms with Crippen molar-refractivity contribution in [3.05, 3.63) is 82.3 Å². The zero-order valence-electron chi connectivity index (χ0n) is 14.5. The van der Waals surface area contributed by atoms with Crippen LogP contribution < -0.4 is 14.8 Å². The van der Waals surface area contributed by atoms with Gasteiger partial charge >= 0.3 is 0 Å². The van der Waals surface area contributed by atoms with Crippen LogP contribution in [0, 0.1) is 0 Å². The van der Waals surface area contributed by atoms with E-state index < -0.39 is 6.10 Å². The SMILES string of the molecule is CC(Oc1ccc(Cl)cc1Br)C(=O)Nc1ccc(Oc2ccccc2)cc1. The summed E-state index contributed by atoms with van der Waals surface area (Å²) in [5, 5.41) is 3.41. The van der Waals surface area contributed by atoms with Gasteiger partial charge in [0, 0.05) is 10.7 Å². The van der Waals surface area contributed by atoms with Gasteiger partial charge in [-0.3, -0.25) is 4.79 Å². The van der Waals surface area contributed by atoms with Crippen LogP contribution in [0.4, 0.5) is 5.69 Å². The molecule has 0 bridgehead atoms. The quantitative estimate of drug-likeness (QED) is 0.483. The van der Waals surface area contributed by atoms with Crippen LogP contribution in [-0.2, 0) is 4.79 Å². The summed E-state index contributed by atoms with van der Waals surface area (Å²) in [4.78, 5) is 12.4. The molecule has 3 aromatic rings. The monoisotopic (exact) mass is 445 g/mol. The Labute approximate surface area is 171 Å². The maximum atomic E-state index is 12.4. The van der Waals surface area contributed by atoms with Crippen LogP contribution in [0.2, 0.25) is 5.02 Å². The number of amides is 1. The highest BCUT2D eigenvalue weighted by Crippen LogP contribution is 2.29. The van der Waals surface area contributed by atoms with E-state index in [4.69, 9.17) is 21.1 Å². The zero-order valence-corrected chi connectivity index (χ0v) is 16.8. The van der Waals surface area contributed by atoms with Crippen molar-refractivity contribution >= 4 is 39.1 Å². The standard InChI is InChI=1S/C21H17BrClNO3/c1-14(26-20-12-7-15(23)13-19(20)22)21(25)24-16-8-10-18(11-9-16)27-17-5-3-2-4-6-17/h2-14H,1H3,(H,24,25). The number of carbonyl (C=O) groups is 1. The Morgan fingerprint density at radius 2 is 1.67 bits per heavy atom. The highest BCUT2D eigenvalue weighted by molar-refractivity contribution is 9.10. The highest BCUT2D eigenvalue weighted by atomic mass is 79.9. The number of hydrogen-bond donors (Lipinski definition) is 1. The molecule has 27 heavy (non-hydrogen) atoms. The van der Waals surface area contributed by atoms with Gasteiger partial charge in [0.1, 0.15) is 17.2 Å². The number of ether oxygens (including phenoxy) is 2. The van der Waals surface area contributed by atoms with Crippen LogP contribution in [0.15, 0.2) is 77.3 Å². The van der Waals surface area contributed by atoms with Crippen molar-refractivity contribution in [3.63, 3.8) is 0 Å². The van der Waals surface area contributed by atoms with Crippen LogP contribution in [0.3, 0.4) is 0 Å². The second-order valence-electron chi connectivity index (χ2n) is 5.76. The lowest BCUT2D eigenvalue weighted by Crippen LogP contribution is -2.30. The van der Waals surface area contributed by atoms with E-state index in [0.717, 1.165) is 5.75 Å². The van der Waals surface area contributed by atoms with E-state index in [9.17, 15) is 4.79 Å². The molecule has 0 heterocycles. The number of carbonyl (C=O) groups excluding carboxylic acids is 1. The fourth-order valence-corrected chi connectivity index (χ4v) is 3.07. The Morgan fingerprint density at radius 1 is 1.00 bits per heavy atom. The third-order valence-electron chi connectivity index (χ3n) is 3.67. The van der Waals surface area contributed by atoms with Crippen molar-refractivity contribution in [2.45, 2.75) is 13.0 Å². The van der Waals surface area contributed by atoms with Crippen molar-refractivity contribution in [1.29, 1.82) is 0 Å². The van der Waals surface area contributed by atoms with Gasteiger partial charge in [-0.2, -0.15) is 0 Å². The lowest BCUT2D eigenvalue weighted by molar-refractivity contribution is -0.122. The third kappa shape index (κ3) is 5.49. The van der Waals surface area contributed by atoms with Crippen molar-refractivity contribution in [3.8, 4) is 17.2 Å². The maximum absolute atomic E-state index is 12.4. The Balaban J connectivity index is 1.58. The average Bonchev–Trinajstić information content (AvgIpc) is 2.66. The number of rotatable bonds is 6. The number of anilines is 1. The first-order valence-electron chi connectivity index (χ1n) is 8.27. The summed E-state index contributed by atoms with van der Waals surface area (Å²) in [5.41, 5.74) is 0.658. The molecule has 1 N–H and O–H groups in total. The minimum Gasteiger partial charge on any atom is -0.480 e. The predicted octanol–water partition coefficient (Wildman–Crippen LogP) is 6.30. The van der Waals surface area contributed by atoms with Crippen molar-refractivity contribution < 1.29 is 14.3 Å². The molecule has 0 aromatic heterocycles. The molecule has 0 aliphatic heterocycles. The van der Waals surface area contributed by atoms with Gasteiger partial charge < -0.3 is 14.8 Å². The normalized spacial score (nSPS) is 11.5. The molecule has 0 aliphatic rings. The maximum Gasteiger partial charge on any atom is 0.265 e. The largest absolute Gasteiger partial charge is 0.480 e. The van der Waals surface area contributed by atoms with Crippen LogP contribution >= 0.6 is 27.5 Å². The second-order valence-corrected chi connectivity index (χ2v) is 7.05. The summed E-state index contributed by atoms with van der Waals surface area (Å²) in [6.07, 6.45) is -0.678. The first-order chi connectivity index (χ1) is 13.0. The van der Waals surface area contributed by atoms with Crippen LogP contribution in [0.25, 0.3) is 0 Å². The summed E-state index contributed by atoms with van der Waals surface area (Å²) in [5.74, 6) is 1.74. The van der Waals surface area contributed by atoms with E-state index in [1.165, 1.54) is 0 Å². The molecule has 1 amide bonds. The van der Waals surface area contributed by atoms with E-state index in [0.29, 0.717) is 26.7 Å². The molecule has 4 nitrogen and oxygen atoms in total. The van der Waals surface area contributed by atoms with E-state index in [1.807, 2.05) is 30.3 Å². The van der Waals surface area contributed by atoms with Gasteiger partial charge in [-0.05, 0) is 77.5 Å². The third-order valence-corrected chi connectivity index (χ3v) is 4.52. The molecule has 0 fully saturated rings. The van der Waals surface area contributed by atoms with Gasteiger partial charge in [0.2, 0.25) is 0 Å². The van der Waals surface area contributed by atoms with E-state index in [2.05, 4.69) is 21.2 Å². The first-order valence-corrected chi connectivity index (χ1v) is 9.44. The highest BCUT2D eigenvalue weighted by Gasteiger charge is 2.16. The predicted molar refractivity (Wildman–Crippen MR) is 111 cm³/mol. The molecule has 1 atom stereocenters. The van der Waals surface area contributed by atoms with Gasteiger partial charge in [0.15, 0.2) is 6.10 Å². The van der Waals surface area contributed by atoms with Crippen molar-refractivity contribution in [2.75, 3.05) is 5.32 Å². The zero-order chi connectivity index (χ0) is 19.2. The number of halogens is 2. The van der Waals surface area contributed by atoms with Crippen LogP contribution in [0.1, 0.15) is 6.92 Å². The summed E-state index contributed by atoms with van der Waals surface area (Å²) in [6, 6.07) is 21.8. The minimum absolute atomic E-state index is 0.256. The molecule has 138 valence electrons. The number of para-hydroxylation sites is 1. The van der Waals surface area contributed by atoms with Crippen molar-refractivity contribution in [2.24, 2.45) is 0 Å². The number of nitrogens with one attached hydrogen (secondary N) is 1. The Bertz CT molecular complexity index is 916. The molecule has 3 aromatic carbocycles. The summed E-state index contributed by atoms with van der Waals surface area (Å²) < 4.78 is 12.1. The minimum atomic E-state index is -0.678. The Morgan fingerprint density at radius 3 is 2.33 bits per heavy atom. The molecule has 3 rings (SSSR count). The fraction of sp³-hybridized carbons (Fsp3) is 0.0952. The van der Waals surface area contributed by atoms with E-state index in [1.54, 1.807) is 49.4 Å². The molecule has 1 unspecified atom stereocenters. The molecule has 0 radical (unpaired) electrons. The summed E-state index contributed by atoms with van der Waals surface area (Å²) >= 11 is 9.28. The van der Waals surface area contributed by atoms with Gasteiger partial charge in [-0.15, -0.1) is 0 Å². The number of benzene rings is 3. The topological polar surface area (TPSA) is 47.6 Å². The molecular formula is C21H17BrClNO3. The molecule has 0 spiro atoms. The second kappa shape index (κ2) is 8.93. The fourth-order valence-electron chi connectivity index (χ4n) is 2.29. The van der Waals surface area contributed by atoms with E-state index >= 15 is 0 Å². The van der Waals surface area contributed by atoms with Gasteiger partial charge in [-0.1, -0.05) is 29.8 Å². The molecular weight excluding hydrogens is 430 g/mol. The van der Waals surface area contributed by atoms with Crippen molar-refractivity contribution in [1.82, 2.24) is 0 Å².